The third-order valence-corrected chi connectivity index (χ3v) is 5.27. The van der Waals surface area contributed by atoms with Gasteiger partial charge in [-0.1, -0.05) is 6.07 Å². The summed E-state index contributed by atoms with van der Waals surface area (Å²) in [6.45, 7) is 3.56. The van der Waals surface area contributed by atoms with Crippen LogP contribution in [-0.4, -0.2) is 25.0 Å². The molecule has 130 valence electrons. The molecule has 4 heteroatoms. The van der Waals surface area contributed by atoms with E-state index in [4.69, 9.17) is 5.26 Å². The van der Waals surface area contributed by atoms with Crippen LogP contribution in [0.4, 0.5) is 11.4 Å². The molecule has 0 bridgehead atoms. The van der Waals surface area contributed by atoms with Crippen LogP contribution in [-0.2, 0) is 13.0 Å². The number of nitriles is 1. The van der Waals surface area contributed by atoms with Crippen molar-refractivity contribution in [2.45, 2.75) is 25.8 Å². The van der Waals surface area contributed by atoms with Crippen LogP contribution in [0.25, 0.3) is 0 Å². The molecule has 1 aliphatic heterocycles. The number of benzene rings is 2. The van der Waals surface area contributed by atoms with E-state index in [0.717, 1.165) is 18.2 Å². The lowest BCUT2D eigenvalue weighted by Gasteiger charge is -2.30. The third kappa shape index (κ3) is 3.98. The number of hydrogen-bond donors (Lipinski definition) is 0. The predicted molar refractivity (Wildman–Crippen MR) is 105 cm³/mol. The Morgan fingerprint density at radius 2 is 1.80 bits per heavy atom. The van der Waals surface area contributed by atoms with Crippen LogP contribution >= 0.6 is 12.4 Å². The van der Waals surface area contributed by atoms with E-state index in [1.54, 1.807) is 0 Å². The summed E-state index contributed by atoms with van der Waals surface area (Å²) in [5.41, 5.74) is 6.00. The van der Waals surface area contributed by atoms with Gasteiger partial charge in [0.15, 0.2) is 0 Å². The number of fused-ring (bicyclic) bond motifs is 1. The van der Waals surface area contributed by atoms with Crippen LogP contribution in [0.1, 0.15) is 29.5 Å². The molecular formula is C21H24ClN3. The molecule has 2 aromatic rings. The Morgan fingerprint density at radius 1 is 1.08 bits per heavy atom. The molecule has 0 amide bonds. The van der Waals surface area contributed by atoms with Gasteiger partial charge in [-0.2, -0.15) is 5.26 Å². The molecule has 25 heavy (non-hydrogen) atoms. The van der Waals surface area contributed by atoms with Crippen LogP contribution in [0.5, 0.6) is 0 Å². The van der Waals surface area contributed by atoms with E-state index in [-0.39, 0.29) is 12.4 Å². The first-order chi connectivity index (χ1) is 11.7. The predicted octanol–water partition coefficient (Wildman–Crippen LogP) is 4.52. The first-order valence-electron chi connectivity index (χ1n) is 8.81. The molecule has 0 unspecified atom stereocenters. The van der Waals surface area contributed by atoms with Crippen LogP contribution in [0.3, 0.4) is 0 Å². The molecule has 0 spiro atoms. The molecule has 2 aliphatic rings. The number of anilines is 2. The fourth-order valence-corrected chi connectivity index (χ4v) is 3.54. The maximum absolute atomic E-state index is 8.94. The van der Waals surface area contributed by atoms with Crippen molar-refractivity contribution in [2.75, 3.05) is 25.0 Å². The summed E-state index contributed by atoms with van der Waals surface area (Å²) in [5, 5.41) is 8.94. The SMILES string of the molecule is CN(c1ccc(C#N)cc1)c1ccc2c(c1)CN(CC1CC1)CC2.Cl. The zero-order chi connectivity index (χ0) is 16.5. The minimum Gasteiger partial charge on any atom is -0.345 e. The second-order valence-electron chi connectivity index (χ2n) is 7.10. The van der Waals surface area contributed by atoms with Crippen molar-refractivity contribution in [2.24, 2.45) is 5.92 Å². The number of halogens is 1. The Balaban J connectivity index is 0.00000182. The highest BCUT2D eigenvalue weighted by Crippen LogP contribution is 2.33. The molecule has 3 nitrogen and oxygen atoms in total. The van der Waals surface area contributed by atoms with Gasteiger partial charge in [-0.15, -0.1) is 12.4 Å². The van der Waals surface area contributed by atoms with Gasteiger partial charge in [0.1, 0.15) is 0 Å². The summed E-state index contributed by atoms with van der Waals surface area (Å²) < 4.78 is 0. The highest BCUT2D eigenvalue weighted by molar-refractivity contribution is 5.85. The Kier molecular flexibility index (Phi) is 5.32. The average Bonchev–Trinajstić information content (AvgIpc) is 3.44. The molecule has 0 atom stereocenters. The maximum atomic E-state index is 8.94. The maximum Gasteiger partial charge on any atom is 0.0991 e. The van der Waals surface area contributed by atoms with E-state index < -0.39 is 0 Å². The van der Waals surface area contributed by atoms with Crippen molar-refractivity contribution in [3.63, 3.8) is 0 Å². The lowest BCUT2D eigenvalue weighted by Crippen LogP contribution is -2.32. The van der Waals surface area contributed by atoms with Gasteiger partial charge in [0.2, 0.25) is 0 Å². The van der Waals surface area contributed by atoms with E-state index in [0.29, 0.717) is 5.56 Å². The Morgan fingerprint density at radius 3 is 2.48 bits per heavy atom. The minimum absolute atomic E-state index is 0. The highest BCUT2D eigenvalue weighted by Gasteiger charge is 2.26. The summed E-state index contributed by atoms with van der Waals surface area (Å²) in [5.74, 6) is 0.955. The first kappa shape index (κ1) is 17.8. The van der Waals surface area contributed by atoms with Crippen molar-refractivity contribution < 1.29 is 0 Å². The standard InChI is InChI=1S/C21H23N3.ClH/c1-23(20-7-4-16(13-22)5-8-20)21-9-6-18-10-11-24(14-17-2-3-17)15-19(18)12-21;/h4-9,12,17H,2-3,10-11,14-15H2,1H3;1H. The van der Waals surface area contributed by atoms with Crippen molar-refractivity contribution >= 4 is 23.8 Å². The fourth-order valence-electron chi connectivity index (χ4n) is 3.54. The highest BCUT2D eigenvalue weighted by atomic mass is 35.5. The van der Waals surface area contributed by atoms with Gasteiger partial charge in [0.05, 0.1) is 11.6 Å². The van der Waals surface area contributed by atoms with Crippen molar-refractivity contribution in [3.05, 3.63) is 59.2 Å². The molecule has 4 rings (SSSR count). The summed E-state index contributed by atoms with van der Waals surface area (Å²) in [7, 11) is 2.09. The smallest absolute Gasteiger partial charge is 0.0991 e. The summed E-state index contributed by atoms with van der Waals surface area (Å²) in [6, 6.07) is 16.8. The zero-order valence-corrected chi connectivity index (χ0v) is 15.4. The summed E-state index contributed by atoms with van der Waals surface area (Å²) >= 11 is 0. The Bertz CT molecular complexity index is 775. The molecule has 1 aliphatic carbocycles. The molecule has 2 aromatic carbocycles. The van der Waals surface area contributed by atoms with E-state index in [2.05, 4.69) is 41.1 Å². The molecule has 0 saturated heterocycles. The van der Waals surface area contributed by atoms with Crippen molar-refractivity contribution in [1.29, 1.82) is 5.26 Å². The van der Waals surface area contributed by atoms with Crippen molar-refractivity contribution in [3.8, 4) is 6.07 Å². The quantitative estimate of drug-likeness (QED) is 0.809. The van der Waals surface area contributed by atoms with Gasteiger partial charge in [0.25, 0.3) is 0 Å². The van der Waals surface area contributed by atoms with Crippen LogP contribution in [0.15, 0.2) is 42.5 Å². The van der Waals surface area contributed by atoms with Crippen molar-refractivity contribution in [1.82, 2.24) is 4.90 Å². The lowest BCUT2D eigenvalue weighted by atomic mass is 9.98. The molecule has 1 fully saturated rings. The normalized spacial score (nSPS) is 16.5. The van der Waals surface area contributed by atoms with E-state index in [9.17, 15) is 0 Å². The monoisotopic (exact) mass is 353 g/mol. The second-order valence-corrected chi connectivity index (χ2v) is 7.10. The average molecular weight is 354 g/mol. The number of rotatable bonds is 4. The molecule has 1 heterocycles. The van der Waals surface area contributed by atoms with E-state index in [1.165, 1.54) is 49.2 Å². The molecule has 0 aromatic heterocycles. The van der Waals surface area contributed by atoms with E-state index in [1.807, 2.05) is 24.3 Å². The third-order valence-electron chi connectivity index (χ3n) is 5.27. The zero-order valence-electron chi connectivity index (χ0n) is 14.6. The minimum atomic E-state index is 0. The summed E-state index contributed by atoms with van der Waals surface area (Å²) in [4.78, 5) is 4.81. The largest absolute Gasteiger partial charge is 0.345 e. The Hall–Kier alpha value is -2.02. The van der Waals surface area contributed by atoms with Gasteiger partial charge in [-0.25, -0.2) is 0 Å². The second kappa shape index (κ2) is 7.47. The fraction of sp³-hybridized carbons (Fsp3) is 0.381. The molecule has 1 saturated carbocycles. The van der Waals surface area contributed by atoms with Crippen LogP contribution in [0, 0.1) is 17.2 Å². The van der Waals surface area contributed by atoms with Crippen LogP contribution < -0.4 is 4.90 Å². The van der Waals surface area contributed by atoms with Gasteiger partial charge >= 0.3 is 0 Å². The van der Waals surface area contributed by atoms with Gasteiger partial charge in [-0.05, 0) is 72.7 Å². The Labute approximate surface area is 156 Å². The molecule has 0 radical (unpaired) electrons. The first-order valence-corrected chi connectivity index (χ1v) is 8.81. The van der Waals surface area contributed by atoms with Gasteiger partial charge < -0.3 is 4.90 Å². The van der Waals surface area contributed by atoms with Gasteiger partial charge in [-0.3, -0.25) is 4.90 Å². The van der Waals surface area contributed by atoms with Gasteiger partial charge in [0, 0.05) is 38.1 Å². The molecule has 0 N–H and O–H groups in total. The number of hydrogen-bond acceptors (Lipinski definition) is 3. The lowest BCUT2D eigenvalue weighted by molar-refractivity contribution is 0.244. The summed E-state index contributed by atoms with van der Waals surface area (Å²) in [6.07, 6.45) is 4.01. The van der Waals surface area contributed by atoms with Crippen LogP contribution in [0.2, 0.25) is 0 Å². The topological polar surface area (TPSA) is 30.3 Å². The molecular weight excluding hydrogens is 330 g/mol. The van der Waals surface area contributed by atoms with E-state index >= 15 is 0 Å². The number of nitrogens with zero attached hydrogens (tertiary/aromatic N) is 3.